The molecule has 1 aromatic heterocycles. The van der Waals surface area contributed by atoms with Crippen molar-refractivity contribution in [2.45, 2.75) is 0 Å². The molecule has 68 valence electrons. The van der Waals surface area contributed by atoms with Gasteiger partial charge < -0.3 is 9.47 Å². The van der Waals surface area contributed by atoms with E-state index in [0.29, 0.717) is 0 Å². The molecule has 0 aliphatic heterocycles. The Labute approximate surface area is 86.6 Å². The van der Waals surface area contributed by atoms with E-state index >= 15 is 0 Å². The smallest absolute Gasteiger partial charge is 0.213 e. The molecular weight excluding hydrogens is 168 g/mol. The highest BCUT2D eigenvalue weighted by atomic mass is 16.5. The lowest BCUT2D eigenvalue weighted by molar-refractivity contribution is 0.144. The number of rotatable bonds is 4. The fourth-order valence-corrected chi connectivity index (χ4v) is 0.601. The summed E-state index contributed by atoms with van der Waals surface area (Å²) in [7, 11) is -3.13. The molecule has 0 bridgehead atoms. The van der Waals surface area contributed by atoms with Crippen molar-refractivity contribution in [1.82, 2.24) is 4.98 Å². The SMILES string of the molecule is [2H]C([2H])([2H])OC([2H])([2H])C([2H])([2H])Oc1ccc(C#N)cn1. The minimum atomic E-state index is -3.23. The highest BCUT2D eigenvalue weighted by Crippen LogP contribution is 2.05. The van der Waals surface area contributed by atoms with Crippen LogP contribution < -0.4 is 4.74 Å². The van der Waals surface area contributed by atoms with E-state index in [2.05, 4.69) is 14.5 Å². The summed E-state index contributed by atoms with van der Waals surface area (Å²) in [5.41, 5.74) is 0.208. The molecule has 0 radical (unpaired) electrons. The van der Waals surface area contributed by atoms with Crippen molar-refractivity contribution < 1.29 is 19.1 Å². The van der Waals surface area contributed by atoms with Gasteiger partial charge in [-0.3, -0.25) is 0 Å². The van der Waals surface area contributed by atoms with Gasteiger partial charge in [0.1, 0.15) is 12.6 Å². The molecule has 0 saturated carbocycles. The number of methoxy groups -OCH3 is 1. The number of nitriles is 1. The van der Waals surface area contributed by atoms with Gasteiger partial charge in [-0.15, -0.1) is 0 Å². The lowest BCUT2D eigenvalue weighted by Crippen LogP contribution is -2.05. The summed E-state index contributed by atoms with van der Waals surface area (Å²) in [4.78, 5) is 3.60. The van der Waals surface area contributed by atoms with E-state index in [1.807, 2.05) is 0 Å². The Bertz CT molecular complexity index is 507. The lowest BCUT2D eigenvalue weighted by atomic mass is 10.3. The molecule has 4 heteroatoms. The highest BCUT2D eigenvalue weighted by molar-refractivity contribution is 5.28. The normalized spacial score (nSPS) is 20.4. The van der Waals surface area contributed by atoms with Crippen molar-refractivity contribution >= 4 is 0 Å². The van der Waals surface area contributed by atoms with Crippen LogP contribution in [0, 0.1) is 11.3 Å². The van der Waals surface area contributed by atoms with Gasteiger partial charge in [0, 0.05) is 19.3 Å². The van der Waals surface area contributed by atoms with Crippen molar-refractivity contribution in [3.05, 3.63) is 23.9 Å². The lowest BCUT2D eigenvalue weighted by Gasteiger charge is -2.02. The third kappa shape index (κ3) is 3.09. The average Bonchev–Trinajstić information content (AvgIpc) is 2.26. The number of nitrogens with zero attached hydrogens (tertiary/aromatic N) is 2. The summed E-state index contributed by atoms with van der Waals surface area (Å²) in [5, 5.41) is 8.57. The minimum absolute atomic E-state index is 0.208. The molecule has 4 nitrogen and oxygen atoms in total. The van der Waals surface area contributed by atoms with Crippen LogP contribution in [0.4, 0.5) is 0 Å². The summed E-state index contributed by atoms with van der Waals surface area (Å²) in [6.07, 6.45) is 1.10. The topological polar surface area (TPSA) is 55.1 Å². The molecule has 13 heavy (non-hydrogen) atoms. The van der Waals surface area contributed by atoms with Crippen LogP contribution in [0.15, 0.2) is 18.3 Å². The number of hydrogen-bond acceptors (Lipinski definition) is 4. The van der Waals surface area contributed by atoms with Gasteiger partial charge in [0.2, 0.25) is 5.88 Å². The molecule has 1 heterocycles. The summed E-state index contributed by atoms with van der Waals surface area (Å²) in [5.74, 6) is -0.313. The predicted molar refractivity (Wildman–Crippen MR) is 46.3 cm³/mol. The van der Waals surface area contributed by atoms with Crippen molar-refractivity contribution in [1.29, 1.82) is 5.26 Å². The van der Waals surface area contributed by atoms with Crippen LogP contribution in [0.1, 0.15) is 15.2 Å². The maximum absolute atomic E-state index is 8.57. The van der Waals surface area contributed by atoms with E-state index in [1.54, 1.807) is 6.07 Å². The molecule has 0 saturated heterocycles. The molecule has 0 spiro atoms. The Morgan fingerprint density at radius 1 is 1.69 bits per heavy atom. The highest BCUT2D eigenvalue weighted by Gasteiger charge is 1.94. The van der Waals surface area contributed by atoms with Crippen molar-refractivity contribution in [2.75, 3.05) is 20.2 Å². The van der Waals surface area contributed by atoms with Gasteiger partial charge in [-0.05, 0) is 6.07 Å². The zero-order valence-corrected chi connectivity index (χ0v) is 6.44. The maximum Gasteiger partial charge on any atom is 0.213 e. The first kappa shape index (κ1) is 3.64. The summed E-state index contributed by atoms with van der Waals surface area (Å²) >= 11 is 0. The molecule has 1 aromatic rings. The van der Waals surface area contributed by atoms with Crippen LogP contribution in [0.5, 0.6) is 5.88 Å². The summed E-state index contributed by atoms with van der Waals surface area (Å²) in [6, 6.07) is 4.24. The van der Waals surface area contributed by atoms with Gasteiger partial charge in [-0.2, -0.15) is 5.26 Å². The molecule has 0 unspecified atom stereocenters. The Kier molecular flexibility index (Phi) is 1.43. The van der Waals surface area contributed by atoms with E-state index in [9.17, 15) is 0 Å². The zero-order chi connectivity index (χ0) is 15.6. The molecule has 0 aliphatic carbocycles. The summed E-state index contributed by atoms with van der Waals surface area (Å²) < 4.78 is 58.6. The van der Waals surface area contributed by atoms with E-state index < -0.39 is 20.2 Å². The van der Waals surface area contributed by atoms with E-state index in [0.717, 1.165) is 12.3 Å². The van der Waals surface area contributed by atoms with Crippen molar-refractivity contribution in [2.24, 2.45) is 0 Å². The number of hydrogen-bond donors (Lipinski definition) is 0. The van der Waals surface area contributed by atoms with Crippen LogP contribution in [-0.2, 0) is 4.74 Å². The number of pyridine rings is 1. The zero-order valence-electron chi connectivity index (χ0n) is 13.4. The molecule has 0 aromatic carbocycles. The second-order valence-corrected chi connectivity index (χ2v) is 1.91. The fourth-order valence-electron chi connectivity index (χ4n) is 0.601. The van der Waals surface area contributed by atoms with Crippen LogP contribution in [0.2, 0.25) is 0 Å². The predicted octanol–water partition coefficient (Wildman–Crippen LogP) is 0.978. The van der Waals surface area contributed by atoms with Gasteiger partial charge >= 0.3 is 0 Å². The Balaban J connectivity index is 2.90. The average molecular weight is 185 g/mol. The molecule has 0 aliphatic rings. The van der Waals surface area contributed by atoms with Gasteiger partial charge in [-0.1, -0.05) is 0 Å². The van der Waals surface area contributed by atoms with Crippen LogP contribution in [0.3, 0.4) is 0 Å². The third-order valence-electron chi connectivity index (χ3n) is 1.11. The molecule has 0 atom stereocenters. The Morgan fingerprint density at radius 3 is 3.23 bits per heavy atom. The van der Waals surface area contributed by atoms with E-state index in [4.69, 9.17) is 14.9 Å². The first-order valence-electron chi connectivity index (χ1n) is 6.72. The third-order valence-corrected chi connectivity index (χ3v) is 1.11. The Hall–Kier alpha value is -1.60. The number of aromatic nitrogens is 1. The van der Waals surface area contributed by atoms with E-state index in [1.165, 1.54) is 6.07 Å². The number of ether oxygens (including phenoxy) is 2. The Morgan fingerprint density at radius 2 is 2.62 bits per heavy atom. The molecule has 1 rings (SSSR count). The molecule has 0 amide bonds. The van der Waals surface area contributed by atoms with Crippen LogP contribution >= 0.6 is 0 Å². The first-order chi connectivity index (χ1) is 8.97. The summed E-state index contributed by atoms with van der Waals surface area (Å²) in [6.45, 7) is -6.32. The van der Waals surface area contributed by atoms with Gasteiger partial charge in [-0.25, -0.2) is 4.98 Å². The van der Waals surface area contributed by atoms with Gasteiger partial charge in [0.05, 0.1) is 21.7 Å². The second kappa shape index (κ2) is 5.12. The van der Waals surface area contributed by atoms with Crippen molar-refractivity contribution in [3.8, 4) is 11.9 Å². The van der Waals surface area contributed by atoms with E-state index in [-0.39, 0.29) is 11.4 Å². The minimum Gasteiger partial charge on any atom is -0.475 e. The molecule has 0 N–H and O–H groups in total. The second-order valence-electron chi connectivity index (χ2n) is 1.91. The fraction of sp³-hybridized carbons (Fsp3) is 0.333. The first-order valence-corrected chi connectivity index (χ1v) is 3.22. The quantitative estimate of drug-likeness (QED) is 0.701. The molecule has 0 fully saturated rings. The maximum atomic E-state index is 8.57. The van der Waals surface area contributed by atoms with Gasteiger partial charge in [0.15, 0.2) is 0 Å². The standard InChI is InChI=1S/C9H10N2O2/c1-12-4-5-13-9-3-2-8(6-10)7-11-9/h2-3,7H,4-5H2,1H3/i1D3,4D2,5D2. The molecular formula is C9H10N2O2. The van der Waals surface area contributed by atoms with Crippen molar-refractivity contribution in [3.63, 3.8) is 0 Å². The van der Waals surface area contributed by atoms with Crippen LogP contribution in [0.25, 0.3) is 0 Å². The van der Waals surface area contributed by atoms with Crippen LogP contribution in [-0.4, -0.2) is 25.1 Å². The van der Waals surface area contributed by atoms with Gasteiger partial charge in [0.25, 0.3) is 0 Å². The largest absolute Gasteiger partial charge is 0.475 e. The monoisotopic (exact) mass is 185 g/mol.